The number of halogens is 3. The Kier molecular flexibility index (Phi) is 3.78. The lowest BCUT2D eigenvalue weighted by Gasteiger charge is -2.10. The Morgan fingerprint density at radius 1 is 1.38 bits per heavy atom. The Balaban J connectivity index is 2.87. The van der Waals surface area contributed by atoms with Gasteiger partial charge in [-0.15, -0.1) is 13.2 Å². The number of aliphatic hydroxyl groups is 1. The van der Waals surface area contributed by atoms with Crippen LogP contribution in [-0.2, 0) is 0 Å². The van der Waals surface area contributed by atoms with Crippen LogP contribution in [0.4, 0.5) is 18.9 Å². The Labute approximate surface area is 89.9 Å². The van der Waals surface area contributed by atoms with Gasteiger partial charge in [-0.25, -0.2) is 0 Å². The lowest BCUT2D eigenvalue weighted by molar-refractivity contribution is -0.274. The summed E-state index contributed by atoms with van der Waals surface area (Å²) in [5.74, 6) is -0.369. The smallest absolute Gasteiger partial charge is 0.406 e. The molecule has 1 aromatic rings. The highest BCUT2D eigenvalue weighted by Crippen LogP contribution is 2.26. The zero-order valence-electron chi connectivity index (χ0n) is 8.16. The highest BCUT2D eigenvalue weighted by Gasteiger charge is 2.31. The molecule has 0 spiro atoms. The van der Waals surface area contributed by atoms with Crippen LogP contribution in [0.15, 0.2) is 24.3 Å². The van der Waals surface area contributed by atoms with Gasteiger partial charge in [0.15, 0.2) is 0 Å². The first-order chi connectivity index (χ1) is 7.42. The maximum absolute atomic E-state index is 11.9. The molecule has 16 heavy (non-hydrogen) atoms. The van der Waals surface area contributed by atoms with Gasteiger partial charge in [0.2, 0.25) is 0 Å². The van der Waals surface area contributed by atoms with Crippen LogP contribution in [-0.4, -0.2) is 18.1 Å². The average Bonchev–Trinajstić information content (AvgIpc) is 2.14. The van der Waals surface area contributed by atoms with Crippen molar-refractivity contribution in [1.82, 2.24) is 0 Å². The Bertz CT molecular complexity index is 388. The minimum atomic E-state index is -4.73. The van der Waals surface area contributed by atoms with Crippen molar-refractivity contribution in [2.75, 3.05) is 12.3 Å². The van der Waals surface area contributed by atoms with Crippen molar-refractivity contribution in [3.05, 3.63) is 29.8 Å². The number of nitrogens with two attached hydrogens (primary N) is 1. The van der Waals surface area contributed by atoms with Gasteiger partial charge in [-0.2, -0.15) is 0 Å². The van der Waals surface area contributed by atoms with Gasteiger partial charge in [-0.1, -0.05) is 12.2 Å². The molecule has 0 atom stereocenters. The zero-order chi connectivity index (χ0) is 12.2. The quantitative estimate of drug-likeness (QED) is 0.786. The minimum absolute atomic E-state index is 0.145. The second-order valence-corrected chi connectivity index (χ2v) is 2.92. The molecule has 0 aromatic heterocycles. The number of hydrogen-bond donors (Lipinski definition) is 2. The Morgan fingerprint density at radius 3 is 2.56 bits per heavy atom. The molecule has 0 saturated carbocycles. The van der Waals surface area contributed by atoms with E-state index in [9.17, 15) is 13.2 Å². The third kappa shape index (κ3) is 3.82. The van der Waals surface area contributed by atoms with E-state index in [1.807, 2.05) is 0 Å². The van der Waals surface area contributed by atoms with Crippen LogP contribution in [0.25, 0.3) is 6.08 Å². The second-order valence-electron chi connectivity index (χ2n) is 2.92. The monoisotopic (exact) mass is 233 g/mol. The van der Waals surface area contributed by atoms with Gasteiger partial charge in [0.05, 0.1) is 6.61 Å². The predicted molar refractivity (Wildman–Crippen MR) is 53.7 cm³/mol. The molecule has 3 N–H and O–H groups in total. The van der Waals surface area contributed by atoms with Crippen molar-refractivity contribution in [1.29, 1.82) is 0 Å². The van der Waals surface area contributed by atoms with E-state index in [2.05, 4.69) is 4.74 Å². The predicted octanol–water partition coefficient (Wildman–Crippen LogP) is 2.17. The van der Waals surface area contributed by atoms with Gasteiger partial charge in [-0.05, 0) is 17.7 Å². The number of nitrogen functional groups attached to an aromatic ring is 1. The molecule has 3 nitrogen and oxygen atoms in total. The van der Waals surface area contributed by atoms with Crippen LogP contribution < -0.4 is 10.5 Å². The topological polar surface area (TPSA) is 55.5 Å². The second kappa shape index (κ2) is 4.89. The number of rotatable bonds is 3. The first-order valence-corrected chi connectivity index (χ1v) is 4.35. The summed E-state index contributed by atoms with van der Waals surface area (Å²) in [6.07, 6.45) is -1.79. The lowest BCUT2D eigenvalue weighted by Crippen LogP contribution is -2.17. The molecule has 1 rings (SSSR count). The van der Waals surface area contributed by atoms with E-state index in [1.165, 1.54) is 18.2 Å². The molecule has 0 amide bonds. The third-order valence-corrected chi connectivity index (χ3v) is 1.69. The zero-order valence-corrected chi connectivity index (χ0v) is 8.16. The largest absolute Gasteiger partial charge is 0.573 e. The highest BCUT2D eigenvalue weighted by molar-refractivity contribution is 5.66. The van der Waals surface area contributed by atoms with Crippen molar-refractivity contribution < 1.29 is 23.0 Å². The SMILES string of the molecule is Nc1cc(OC(F)(F)F)ccc1C=CCO. The molecule has 0 aliphatic rings. The molecule has 0 fully saturated rings. The van der Waals surface area contributed by atoms with Gasteiger partial charge >= 0.3 is 6.36 Å². The molecule has 0 heterocycles. The molecule has 0 aliphatic heterocycles. The van der Waals surface area contributed by atoms with Gasteiger partial charge in [0, 0.05) is 11.8 Å². The summed E-state index contributed by atoms with van der Waals surface area (Å²) in [5.41, 5.74) is 6.16. The minimum Gasteiger partial charge on any atom is -0.406 e. The van der Waals surface area contributed by atoms with Crippen molar-refractivity contribution >= 4 is 11.8 Å². The average molecular weight is 233 g/mol. The maximum atomic E-state index is 11.9. The Morgan fingerprint density at radius 2 is 2.06 bits per heavy atom. The molecule has 0 aliphatic carbocycles. The number of ether oxygens (including phenoxy) is 1. The number of benzene rings is 1. The van der Waals surface area contributed by atoms with Gasteiger partial charge in [0.1, 0.15) is 5.75 Å². The van der Waals surface area contributed by atoms with Crippen LogP contribution in [0.1, 0.15) is 5.56 Å². The molecule has 0 saturated heterocycles. The number of alkyl halides is 3. The fourth-order valence-electron chi connectivity index (χ4n) is 1.08. The van der Waals surface area contributed by atoms with E-state index in [-0.39, 0.29) is 18.0 Å². The summed E-state index contributed by atoms with van der Waals surface area (Å²) in [6, 6.07) is 3.61. The summed E-state index contributed by atoms with van der Waals surface area (Å²) in [4.78, 5) is 0. The number of anilines is 1. The summed E-state index contributed by atoms with van der Waals surface area (Å²) in [7, 11) is 0. The highest BCUT2D eigenvalue weighted by atomic mass is 19.4. The van der Waals surface area contributed by atoms with Gasteiger partial charge in [0.25, 0.3) is 0 Å². The van der Waals surface area contributed by atoms with Crippen molar-refractivity contribution in [3.8, 4) is 5.75 Å². The van der Waals surface area contributed by atoms with Crippen LogP contribution in [0.5, 0.6) is 5.75 Å². The molecule has 88 valence electrons. The summed E-state index contributed by atoms with van der Waals surface area (Å²) >= 11 is 0. The normalized spacial score (nSPS) is 12.0. The van der Waals surface area contributed by atoms with Crippen molar-refractivity contribution in [2.24, 2.45) is 0 Å². The molecule has 0 radical (unpaired) electrons. The van der Waals surface area contributed by atoms with E-state index in [0.29, 0.717) is 5.56 Å². The van der Waals surface area contributed by atoms with Crippen LogP contribution in [0.3, 0.4) is 0 Å². The van der Waals surface area contributed by atoms with E-state index < -0.39 is 6.36 Å². The van der Waals surface area contributed by atoms with E-state index >= 15 is 0 Å². The molecule has 0 unspecified atom stereocenters. The van der Waals surface area contributed by atoms with Gasteiger partial charge in [-0.3, -0.25) is 0 Å². The van der Waals surface area contributed by atoms with Crippen LogP contribution >= 0.6 is 0 Å². The Hall–Kier alpha value is -1.69. The maximum Gasteiger partial charge on any atom is 0.573 e. The standard InChI is InChI=1S/C10H10F3NO2/c11-10(12,13)16-8-4-3-7(2-1-5-15)9(14)6-8/h1-4,6,15H,5,14H2. The van der Waals surface area contributed by atoms with E-state index in [0.717, 1.165) is 12.1 Å². The molecule has 0 bridgehead atoms. The van der Waals surface area contributed by atoms with E-state index in [4.69, 9.17) is 10.8 Å². The van der Waals surface area contributed by atoms with Crippen molar-refractivity contribution in [3.63, 3.8) is 0 Å². The van der Waals surface area contributed by atoms with Crippen molar-refractivity contribution in [2.45, 2.75) is 6.36 Å². The first-order valence-electron chi connectivity index (χ1n) is 4.35. The fraction of sp³-hybridized carbons (Fsp3) is 0.200. The first kappa shape index (κ1) is 12.4. The van der Waals surface area contributed by atoms with Crippen LogP contribution in [0.2, 0.25) is 0 Å². The molecular formula is C10H10F3NO2. The summed E-state index contributed by atoms with van der Waals surface area (Å²) < 4.78 is 39.3. The number of aliphatic hydroxyl groups excluding tert-OH is 1. The van der Waals surface area contributed by atoms with Crippen LogP contribution in [0, 0.1) is 0 Å². The summed E-state index contributed by atoms with van der Waals surface area (Å²) in [5, 5.41) is 8.52. The molecule has 1 aromatic carbocycles. The lowest BCUT2D eigenvalue weighted by atomic mass is 10.1. The third-order valence-electron chi connectivity index (χ3n) is 1.69. The molecular weight excluding hydrogens is 223 g/mol. The van der Waals surface area contributed by atoms with E-state index in [1.54, 1.807) is 0 Å². The van der Waals surface area contributed by atoms with Gasteiger partial charge < -0.3 is 15.6 Å². The fourth-order valence-corrected chi connectivity index (χ4v) is 1.08. The number of hydrogen-bond acceptors (Lipinski definition) is 3. The summed E-state index contributed by atoms with van der Waals surface area (Å²) in [6.45, 7) is -0.166. The molecule has 6 heteroatoms.